The smallest absolute Gasteiger partial charge is 0.323 e. The van der Waals surface area contributed by atoms with Gasteiger partial charge in [-0.15, -0.1) is 11.8 Å². The summed E-state index contributed by atoms with van der Waals surface area (Å²) in [5.74, 6) is -0.832. The fourth-order valence-corrected chi connectivity index (χ4v) is 2.86. The molecule has 1 atom stereocenters. The molecule has 0 aromatic heterocycles. The number of nitrogens with two attached hydrogens (primary N) is 1. The van der Waals surface area contributed by atoms with Crippen LogP contribution in [0.15, 0.2) is 53.4 Å². The second-order valence-corrected chi connectivity index (χ2v) is 5.52. The number of benzene rings is 2. The molecule has 2 aromatic carbocycles. The molecule has 0 radical (unpaired) electrons. The van der Waals surface area contributed by atoms with E-state index in [0.717, 1.165) is 5.56 Å². The summed E-state index contributed by atoms with van der Waals surface area (Å²) >= 11 is 1.24. The van der Waals surface area contributed by atoms with E-state index >= 15 is 0 Å². The minimum atomic E-state index is -0.533. The topological polar surface area (TPSA) is 52.3 Å². The average Bonchev–Trinajstić information content (AvgIpc) is 2.49. The number of hydrogen-bond donors (Lipinski definition) is 1. The standard InChI is InChI=1S/C16H16FNO2S/c1-2-20-16(19)15(11-6-4-3-5-7-11)21-12-8-9-14(18)13(17)10-12/h3-10,15H,2,18H2,1H3. The van der Waals surface area contributed by atoms with Crippen molar-refractivity contribution in [2.45, 2.75) is 17.1 Å². The molecule has 0 heterocycles. The Labute approximate surface area is 127 Å². The van der Waals surface area contributed by atoms with Crippen molar-refractivity contribution in [2.75, 3.05) is 12.3 Å². The van der Waals surface area contributed by atoms with Gasteiger partial charge in [-0.3, -0.25) is 4.79 Å². The zero-order valence-corrected chi connectivity index (χ0v) is 12.4. The van der Waals surface area contributed by atoms with Crippen LogP contribution in [-0.4, -0.2) is 12.6 Å². The van der Waals surface area contributed by atoms with Gasteiger partial charge < -0.3 is 10.5 Å². The fraction of sp³-hybridized carbons (Fsp3) is 0.188. The monoisotopic (exact) mass is 305 g/mol. The highest BCUT2D eigenvalue weighted by Gasteiger charge is 2.23. The van der Waals surface area contributed by atoms with Crippen molar-refractivity contribution in [1.29, 1.82) is 0 Å². The Balaban J connectivity index is 2.27. The van der Waals surface area contributed by atoms with E-state index in [1.165, 1.54) is 23.9 Å². The lowest BCUT2D eigenvalue weighted by atomic mass is 10.1. The minimum Gasteiger partial charge on any atom is -0.465 e. The minimum absolute atomic E-state index is 0.0896. The second kappa shape index (κ2) is 7.13. The van der Waals surface area contributed by atoms with Gasteiger partial charge in [0.05, 0.1) is 12.3 Å². The normalized spacial score (nSPS) is 11.9. The third-order valence-electron chi connectivity index (χ3n) is 2.83. The lowest BCUT2D eigenvalue weighted by Gasteiger charge is -2.16. The molecule has 110 valence electrons. The molecule has 0 bridgehead atoms. The van der Waals surface area contributed by atoms with Crippen LogP contribution in [0.25, 0.3) is 0 Å². The van der Waals surface area contributed by atoms with Crippen molar-refractivity contribution < 1.29 is 13.9 Å². The van der Waals surface area contributed by atoms with Crippen LogP contribution < -0.4 is 5.73 Å². The SMILES string of the molecule is CCOC(=O)C(Sc1ccc(N)c(F)c1)c1ccccc1. The summed E-state index contributed by atoms with van der Waals surface area (Å²) in [6.45, 7) is 2.06. The molecule has 1 unspecified atom stereocenters. The van der Waals surface area contributed by atoms with Gasteiger partial charge in [0.1, 0.15) is 11.1 Å². The fourth-order valence-electron chi connectivity index (χ4n) is 1.82. The van der Waals surface area contributed by atoms with Crippen molar-refractivity contribution in [3.05, 3.63) is 59.9 Å². The lowest BCUT2D eigenvalue weighted by Crippen LogP contribution is -2.13. The molecule has 21 heavy (non-hydrogen) atoms. The number of carbonyl (C=O) groups excluding carboxylic acids is 1. The first-order valence-electron chi connectivity index (χ1n) is 6.55. The summed E-state index contributed by atoms with van der Waals surface area (Å²) in [5.41, 5.74) is 6.37. The number of rotatable bonds is 5. The van der Waals surface area contributed by atoms with Crippen LogP contribution in [0, 0.1) is 5.82 Å². The first-order chi connectivity index (χ1) is 10.1. The van der Waals surface area contributed by atoms with Crippen molar-refractivity contribution >= 4 is 23.4 Å². The van der Waals surface area contributed by atoms with Gasteiger partial charge in [-0.1, -0.05) is 30.3 Å². The van der Waals surface area contributed by atoms with Gasteiger partial charge in [0.15, 0.2) is 0 Å². The summed E-state index contributed by atoms with van der Waals surface area (Å²) in [6, 6.07) is 13.8. The Bertz CT molecular complexity index is 619. The van der Waals surface area contributed by atoms with Crippen LogP contribution in [0.3, 0.4) is 0 Å². The molecule has 0 aliphatic carbocycles. The number of esters is 1. The Morgan fingerprint density at radius 3 is 2.62 bits per heavy atom. The Morgan fingerprint density at radius 2 is 2.00 bits per heavy atom. The number of anilines is 1. The Hall–Kier alpha value is -2.01. The van der Waals surface area contributed by atoms with Gasteiger partial charge in [-0.2, -0.15) is 0 Å². The van der Waals surface area contributed by atoms with E-state index < -0.39 is 11.1 Å². The lowest BCUT2D eigenvalue weighted by molar-refractivity contribution is -0.142. The third kappa shape index (κ3) is 3.98. The number of halogens is 1. The highest BCUT2D eigenvalue weighted by molar-refractivity contribution is 8.00. The van der Waals surface area contributed by atoms with Gasteiger partial charge in [0.2, 0.25) is 0 Å². The largest absolute Gasteiger partial charge is 0.465 e. The predicted octanol–water partition coefficient (Wildman–Crippen LogP) is 3.80. The molecule has 2 rings (SSSR count). The summed E-state index contributed by atoms with van der Waals surface area (Å²) in [7, 11) is 0. The van der Waals surface area contributed by atoms with Crippen LogP contribution in [0.1, 0.15) is 17.7 Å². The molecule has 0 aliphatic heterocycles. The molecular formula is C16H16FNO2S. The Kier molecular flexibility index (Phi) is 5.22. The molecule has 0 saturated heterocycles. The number of carbonyl (C=O) groups is 1. The van der Waals surface area contributed by atoms with Crippen molar-refractivity contribution in [3.63, 3.8) is 0 Å². The summed E-state index contributed by atoms with van der Waals surface area (Å²) in [6.07, 6.45) is 0. The maximum absolute atomic E-state index is 13.5. The van der Waals surface area contributed by atoms with Crippen LogP contribution in [-0.2, 0) is 9.53 Å². The van der Waals surface area contributed by atoms with E-state index in [1.807, 2.05) is 30.3 Å². The molecular weight excluding hydrogens is 289 g/mol. The maximum Gasteiger partial charge on any atom is 0.323 e. The van der Waals surface area contributed by atoms with Crippen LogP contribution >= 0.6 is 11.8 Å². The quantitative estimate of drug-likeness (QED) is 0.518. The van der Waals surface area contributed by atoms with E-state index in [4.69, 9.17) is 10.5 Å². The molecule has 3 nitrogen and oxygen atoms in total. The number of nitrogen functional groups attached to an aromatic ring is 1. The van der Waals surface area contributed by atoms with Crippen LogP contribution in [0.4, 0.5) is 10.1 Å². The van der Waals surface area contributed by atoms with E-state index in [-0.39, 0.29) is 11.7 Å². The molecule has 0 fully saturated rings. The summed E-state index contributed by atoms with van der Waals surface area (Å²) in [4.78, 5) is 12.8. The van der Waals surface area contributed by atoms with Gasteiger partial charge in [-0.25, -0.2) is 4.39 Å². The molecule has 2 N–H and O–H groups in total. The highest BCUT2D eigenvalue weighted by Crippen LogP contribution is 2.37. The summed E-state index contributed by atoms with van der Waals surface area (Å²) in [5, 5.41) is -0.533. The highest BCUT2D eigenvalue weighted by atomic mass is 32.2. The van der Waals surface area contributed by atoms with E-state index in [0.29, 0.717) is 11.5 Å². The van der Waals surface area contributed by atoms with Crippen LogP contribution in [0.5, 0.6) is 0 Å². The van der Waals surface area contributed by atoms with Gasteiger partial charge in [0, 0.05) is 4.90 Å². The van der Waals surface area contributed by atoms with E-state index in [2.05, 4.69) is 0 Å². The van der Waals surface area contributed by atoms with Crippen LogP contribution in [0.2, 0.25) is 0 Å². The van der Waals surface area contributed by atoms with Gasteiger partial charge in [0.25, 0.3) is 0 Å². The third-order valence-corrected chi connectivity index (χ3v) is 4.06. The average molecular weight is 305 g/mol. The molecule has 2 aromatic rings. The van der Waals surface area contributed by atoms with E-state index in [9.17, 15) is 9.18 Å². The first kappa shape index (κ1) is 15.4. The molecule has 0 amide bonds. The van der Waals surface area contributed by atoms with E-state index in [1.54, 1.807) is 13.0 Å². The number of thioether (sulfide) groups is 1. The molecule has 0 saturated carbocycles. The predicted molar refractivity (Wildman–Crippen MR) is 82.5 cm³/mol. The Morgan fingerprint density at radius 1 is 1.29 bits per heavy atom. The molecule has 0 aliphatic rings. The summed E-state index contributed by atoms with van der Waals surface area (Å²) < 4.78 is 18.6. The molecule has 0 spiro atoms. The number of ether oxygens (including phenoxy) is 1. The van der Waals surface area contributed by atoms with Gasteiger partial charge >= 0.3 is 5.97 Å². The number of hydrogen-bond acceptors (Lipinski definition) is 4. The van der Waals surface area contributed by atoms with Crippen molar-refractivity contribution in [1.82, 2.24) is 0 Å². The maximum atomic E-state index is 13.5. The first-order valence-corrected chi connectivity index (χ1v) is 7.43. The zero-order valence-electron chi connectivity index (χ0n) is 11.6. The molecule has 5 heteroatoms. The zero-order chi connectivity index (χ0) is 15.2. The second-order valence-electron chi connectivity index (χ2n) is 4.34. The van der Waals surface area contributed by atoms with Crippen molar-refractivity contribution in [3.8, 4) is 0 Å². The van der Waals surface area contributed by atoms with Crippen molar-refractivity contribution in [2.24, 2.45) is 0 Å². The van der Waals surface area contributed by atoms with Gasteiger partial charge in [-0.05, 0) is 30.7 Å².